The van der Waals surface area contributed by atoms with Crippen LogP contribution in [0.5, 0.6) is 0 Å². The maximum absolute atomic E-state index is 12.2. The fraction of sp³-hybridized carbons (Fsp3) is 0.250. The molecule has 0 spiro atoms. The van der Waals surface area contributed by atoms with Crippen molar-refractivity contribution in [3.63, 3.8) is 0 Å². The standard InChI is InChI=1S/C8H6BrF3S/c9-4-5-3-6(8(10,11)12)1-2-7(5)13/h1-3,13H,4H2. The summed E-state index contributed by atoms with van der Waals surface area (Å²) in [6.07, 6.45) is -4.28. The molecular weight excluding hydrogens is 265 g/mol. The summed E-state index contributed by atoms with van der Waals surface area (Å²) in [4.78, 5) is 0.560. The first-order valence-electron chi connectivity index (χ1n) is 3.40. The predicted octanol–water partition coefficient (Wildman–Crippen LogP) is 3.89. The molecule has 0 unspecified atom stereocenters. The molecule has 0 bridgehead atoms. The summed E-state index contributed by atoms with van der Waals surface area (Å²) in [5.41, 5.74) is -0.0992. The van der Waals surface area contributed by atoms with E-state index in [1.807, 2.05) is 0 Å². The summed E-state index contributed by atoms with van der Waals surface area (Å²) in [5, 5.41) is 0.371. The first-order chi connectivity index (χ1) is 5.95. The molecule has 1 aromatic carbocycles. The highest BCUT2D eigenvalue weighted by Crippen LogP contribution is 2.31. The minimum absolute atomic E-state index is 0.371. The van der Waals surface area contributed by atoms with Crippen molar-refractivity contribution in [3.05, 3.63) is 29.3 Å². The average Bonchev–Trinajstić information content (AvgIpc) is 2.03. The molecule has 1 aromatic rings. The molecule has 0 heterocycles. The molecule has 0 fully saturated rings. The molecule has 0 aliphatic rings. The zero-order valence-corrected chi connectivity index (χ0v) is 8.88. The van der Waals surface area contributed by atoms with Crippen molar-refractivity contribution in [3.8, 4) is 0 Å². The van der Waals surface area contributed by atoms with Crippen LogP contribution < -0.4 is 0 Å². The first kappa shape index (κ1) is 10.9. The van der Waals surface area contributed by atoms with Gasteiger partial charge in [0.2, 0.25) is 0 Å². The van der Waals surface area contributed by atoms with E-state index in [1.165, 1.54) is 6.07 Å². The molecule has 5 heteroatoms. The highest BCUT2D eigenvalue weighted by atomic mass is 79.9. The lowest BCUT2D eigenvalue weighted by Gasteiger charge is -2.08. The van der Waals surface area contributed by atoms with E-state index in [-0.39, 0.29) is 0 Å². The molecule has 0 radical (unpaired) electrons. The number of rotatable bonds is 1. The van der Waals surface area contributed by atoms with Crippen molar-refractivity contribution in [1.29, 1.82) is 0 Å². The maximum Gasteiger partial charge on any atom is 0.416 e. The van der Waals surface area contributed by atoms with E-state index in [9.17, 15) is 13.2 Å². The van der Waals surface area contributed by atoms with E-state index in [2.05, 4.69) is 28.6 Å². The van der Waals surface area contributed by atoms with Gasteiger partial charge in [0.1, 0.15) is 0 Å². The fourth-order valence-corrected chi connectivity index (χ4v) is 1.77. The summed E-state index contributed by atoms with van der Waals surface area (Å²) in [6, 6.07) is 3.47. The molecule has 0 atom stereocenters. The molecule has 0 nitrogen and oxygen atoms in total. The van der Waals surface area contributed by atoms with E-state index in [1.54, 1.807) is 0 Å². The third-order valence-corrected chi connectivity index (χ3v) is 2.59. The van der Waals surface area contributed by atoms with E-state index < -0.39 is 11.7 Å². The van der Waals surface area contributed by atoms with Crippen LogP contribution in [0.1, 0.15) is 11.1 Å². The molecule has 0 amide bonds. The molecule has 0 aliphatic carbocycles. The Morgan fingerprint density at radius 3 is 2.38 bits per heavy atom. The minimum Gasteiger partial charge on any atom is -0.166 e. The minimum atomic E-state index is -4.28. The second-order valence-electron chi connectivity index (χ2n) is 2.47. The lowest BCUT2D eigenvalue weighted by atomic mass is 10.1. The molecule has 72 valence electrons. The third-order valence-electron chi connectivity index (χ3n) is 1.55. The van der Waals surface area contributed by atoms with Crippen LogP contribution in [0.3, 0.4) is 0 Å². The highest BCUT2D eigenvalue weighted by Gasteiger charge is 2.30. The van der Waals surface area contributed by atoms with Crippen LogP contribution in [0, 0.1) is 0 Å². The Hall–Kier alpha value is -0.160. The number of halogens is 4. The molecular formula is C8H6BrF3S. The fourth-order valence-electron chi connectivity index (χ4n) is 0.869. The van der Waals surface area contributed by atoms with Gasteiger partial charge in [-0.1, -0.05) is 15.9 Å². The van der Waals surface area contributed by atoms with Crippen LogP contribution in [-0.2, 0) is 11.5 Å². The predicted molar refractivity (Wildman–Crippen MR) is 51.3 cm³/mol. The first-order valence-corrected chi connectivity index (χ1v) is 4.97. The molecule has 13 heavy (non-hydrogen) atoms. The summed E-state index contributed by atoms with van der Waals surface area (Å²) < 4.78 is 36.6. The zero-order chi connectivity index (χ0) is 10.1. The summed E-state index contributed by atoms with van der Waals surface area (Å²) in [7, 11) is 0. The SMILES string of the molecule is FC(F)(F)c1ccc(S)c(CBr)c1. The Balaban J connectivity index is 3.14. The van der Waals surface area contributed by atoms with Gasteiger partial charge in [0.05, 0.1) is 5.56 Å². The Kier molecular flexibility index (Phi) is 3.29. The van der Waals surface area contributed by atoms with Gasteiger partial charge in [0, 0.05) is 10.2 Å². The summed E-state index contributed by atoms with van der Waals surface area (Å²) in [5.74, 6) is 0. The molecule has 1 rings (SSSR count). The van der Waals surface area contributed by atoms with E-state index in [4.69, 9.17) is 0 Å². The van der Waals surface area contributed by atoms with Gasteiger partial charge in [-0.25, -0.2) is 0 Å². The molecule has 0 saturated heterocycles. The van der Waals surface area contributed by atoms with Crippen molar-refractivity contribution in [2.45, 2.75) is 16.4 Å². The Labute approximate surface area is 87.7 Å². The zero-order valence-electron chi connectivity index (χ0n) is 6.40. The highest BCUT2D eigenvalue weighted by molar-refractivity contribution is 9.08. The summed E-state index contributed by atoms with van der Waals surface area (Å²) in [6.45, 7) is 0. The number of thiol groups is 1. The topological polar surface area (TPSA) is 0 Å². The van der Waals surface area contributed by atoms with Gasteiger partial charge in [-0.2, -0.15) is 13.2 Å². The second kappa shape index (κ2) is 3.92. The van der Waals surface area contributed by atoms with Crippen LogP contribution in [0.15, 0.2) is 23.1 Å². The maximum atomic E-state index is 12.2. The van der Waals surface area contributed by atoms with Gasteiger partial charge in [-0.15, -0.1) is 12.6 Å². The third kappa shape index (κ3) is 2.64. The van der Waals surface area contributed by atoms with Crippen molar-refractivity contribution < 1.29 is 13.2 Å². The van der Waals surface area contributed by atoms with E-state index >= 15 is 0 Å². The number of hydrogen-bond acceptors (Lipinski definition) is 1. The second-order valence-corrected chi connectivity index (χ2v) is 3.52. The lowest BCUT2D eigenvalue weighted by Crippen LogP contribution is -2.05. The van der Waals surface area contributed by atoms with Crippen molar-refractivity contribution in [2.24, 2.45) is 0 Å². The van der Waals surface area contributed by atoms with Crippen LogP contribution >= 0.6 is 28.6 Å². The number of alkyl halides is 4. The van der Waals surface area contributed by atoms with E-state index in [0.29, 0.717) is 15.8 Å². The van der Waals surface area contributed by atoms with Crippen molar-refractivity contribution in [1.82, 2.24) is 0 Å². The lowest BCUT2D eigenvalue weighted by molar-refractivity contribution is -0.137. The van der Waals surface area contributed by atoms with Gasteiger partial charge < -0.3 is 0 Å². The van der Waals surface area contributed by atoms with Crippen LogP contribution in [0.2, 0.25) is 0 Å². The van der Waals surface area contributed by atoms with Gasteiger partial charge in [-0.3, -0.25) is 0 Å². The Bertz CT molecular complexity index is 309. The average molecular weight is 271 g/mol. The van der Waals surface area contributed by atoms with Crippen LogP contribution in [0.4, 0.5) is 13.2 Å². The largest absolute Gasteiger partial charge is 0.416 e. The monoisotopic (exact) mass is 270 g/mol. The Morgan fingerprint density at radius 2 is 1.92 bits per heavy atom. The van der Waals surface area contributed by atoms with Crippen LogP contribution in [-0.4, -0.2) is 0 Å². The van der Waals surface area contributed by atoms with E-state index in [0.717, 1.165) is 12.1 Å². The van der Waals surface area contributed by atoms with Crippen molar-refractivity contribution >= 4 is 28.6 Å². The smallest absolute Gasteiger partial charge is 0.166 e. The summed E-state index contributed by atoms with van der Waals surface area (Å²) >= 11 is 7.12. The molecule has 0 saturated carbocycles. The van der Waals surface area contributed by atoms with Crippen LogP contribution in [0.25, 0.3) is 0 Å². The van der Waals surface area contributed by atoms with Gasteiger partial charge in [-0.05, 0) is 23.8 Å². The van der Waals surface area contributed by atoms with Gasteiger partial charge in [0.25, 0.3) is 0 Å². The Morgan fingerprint density at radius 1 is 1.31 bits per heavy atom. The number of benzene rings is 1. The normalized spacial score (nSPS) is 11.8. The molecule has 0 aliphatic heterocycles. The number of hydrogen-bond donors (Lipinski definition) is 1. The molecule has 0 N–H and O–H groups in total. The quantitative estimate of drug-likeness (QED) is 0.581. The van der Waals surface area contributed by atoms with Crippen molar-refractivity contribution in [2.75, 3.05) is 0 Å². The molecule has 0 aromatic heterocycles. The van der Waals surface area contributed by atoms with Gasteiger partial charge >= 0.3 is 6.18 Å². The van der Waals surface area contributed by atoms with Gasteiger partial charge in [0.15, 0.2) is 0 Å².